The van der Waals surface area contributed by atoms with E-state index in [2.05, 4.69) is 19.1 Å². The Bertz CT molecular complexity index is 587. The van der Waals surface area contributed by atoms with Crippen LogP contribution in [0, 0.1) is 0 Å². The Morgan fingerprint density at radius 3 is 2.57 bits per heavy atom. The molecule has 3 rings (SSSR count). The number of amides is 2. The summed E-state index contributed by atoms with van der Waals surface area (Å²) >= 11 is 0. The fraction of sp³-hybridized carbons (Fsp3) is 0.529. The van der Waals surface area contributed by atoms with E-state index in [-0.39, 0.29) is 16.7 Å². The zero-order chi connectivity index (χ0) is 15.0. The molecule has 0 bridgehead atoms. The fourth-order valence-electron chi connectivity index (χ4n) is 3.74. The maximum absolute atomic E-state index is 13.1. The number of para-hydroxylation sites is 1. The highest BCUT2D eigenvalue weighted by molar-refractivity contribution is 6.11. The average Bonchev–Trinajstić information content (AvgIpc) is 3.13. The summed E-state index contributed by atoms with van der Waals surface area (Å²) in [7, 11) is 3.67. The Hall–Kier alpha value is -1.68. The summed E-state index contributed by atoms with van der Waals surface area (Å²) in [6.07, 6.45) is 5.42. The number of quaternary nitrogens is 1. The molecule has 21 heavy (non-hydrogen) atoms. The monoisotopic (exact) mass is 286 g/mol. The van der Waals surface area contributed by atoms with Gasteiger partial charge >= 0.3 is 6.03 Å². The third-order valence-corrected chi connectivity index (χ3v) is 4.72. The van der Waals surface area contributed by atoms with E-state index >= 15 is 0 Å². The van der Waals surface area contributed by atoms with Crippen molar-refractivity contribution in [1.29, 1.82) is 0 Å². The molecule has 1 aromatic rings. The maximum Gasteiger partial charge on any atom is 0.450 e. The third kappa shape index (κ3) is 2.01. The first-order valence-corrected chi connectivity index (χ1v) is 7.91. The molecule has 0 N–H and O–H groups in total. The summed E-state index contributed by atoms with van der Waals surface area (Å²) in [6.45, 7) is 2.12. The van der Waals surface area contributed by atoms with Gasteiger partial charge in [0.25, 0.3) is 0 Å². The Labute approximate surface area is 126 Å². The number of carbonyl (C=O) groups excluding carboxylic acids is 1. The van der Waals surface area contributed by atoms with E-state index in [1.807, 2.05) is 26.2 Å². The average molecular weight is 286 g/mol. The molecule has 4 heteroatoms. The van der Waals surface area contributed by atoms with Crippen molar-refractivity contribution < 1.29 is 4.79 Å². The first kappa shape index (κ1) is 14.3. The Balaban J connectivity index is 2.21. The van der Waals surface area contributed by atoms with Crippen molar-refractivity contribution in [2.24, 2.45) is 5.10 Å². The van der Waals surface area contributed by atoms with Gasteiger partial charge in [-0.2, -0.15) is 0 Å². The van der Waals surface area contributed by atoms with Crippen molar-refractivity contribution in [3.05, 3.63) is 29.8 Å². The standard InChI is InChI=1S/C17H24N3O/c1-4-15-14-11-7-8-12-16(14)20(18-15,17(21)19(2)3)13-9-5-6-10-13/h7-8,11-13H,4-6,9-10H2,1-3H3/q+1. The van der Waals surface area contributed by atoms with Crippen molar-refractivity contribution in [3.63, 3.8) is 0 Å². The molecule has 1 heterocycles. The number of nitrogens with zero attached hydrogens (tertiary/aromatic N) is 3. The minimum Gasteiger partial charge on any atom is -0.296 e. The second kappa shape index (κ2) is 5.26. The quantitative estimate of drug-likeness (QED) is 0.762. The van der Waals surface area contributed by atoms with Crippen molar-refractivity contribution in [2.45, 2.75) is 45.1 Å². The van der Waals surface area contributed by atoms with Gasteiger partial charge in [0.2, 0.25) is 0 Å². The predicted molar refractivity (Wildman–Crippen MR) is 86.4 cm³/mol. The summed E-state index contributed by atoms with van der Waals surface area (Å²) in [6, 6.07) is 8.62. The van der Waals surface area contributed by atoms with Crippen LogP contribution in [0.5, 0.6) is 0 Å². The molecule has 1 saturated carbocycles. The molecule has 2 aliphatic rings. The van der Waals surface area contributed by atoms with E-state index in [0.717, 1.165) is 36.2 Å². The van der Waals surface area contributed by atoms with Crippen LogP contribution < -0.4 is 4.59 Å². The molecule has 0 aromatic heterocycles. The van der Waals surface area contributed by atoms with E-state index in [1.165, 1.54) is 12.8 Å². The second-order valence-corrected chi connectivity index (χ2v) is 6.22. The number of fused-ring (bicyclic) bond motifs is 1. The SMILES string of the molecule is CCC1=N[N+](C(=O)N(C)C)(C2CCCC2)c2ccccc21. The van der Waals surface area contributed by atoms with Gasteiger partial charge in [0.05, 0.1) is 5.56 Å². The van der Waals surface area contributed by atoms with Crippen molar-refractivity contribution >= 4 is 17.4 Å². The summed E-state index contributed by atoms with van der Waals surface area (Å²) in [5.41, 5.74) is 3.29. The summed E-state index contributed by atoms with van der Waals surface area (Å²) < 4.78 is 0.159. The van der Waals surface area contributed by atoms with Crippen LogP contribution in [0.15, 0.2) is 29.4 Å². The van der Waals surface area contributed by atoms with Gasteiger partial charge in [-0.25, -0.2) is 4.79 Å². The van der Waals surface area contributed by atoms with Crippen LogP contribution >= 0.6 is 0 Å². The Morgan fingerprint density at radius 2 is 1.95 bits per heavy atom. The molecule has 0 spiro atoms. The van der Waals surface area contributed by atoms with Crippen LogP contribution in [0.4, 0.5) is 10.5 Å². The topological polar surface area (TPSA) is 32.7 Å². The summed E-state index contributed by atoms with van der Waals surface area (Å²) in [4.78, 5) is 14.8. The molecular weight excluding hydrogens is 262 g/mol. The van der Waals surface area contributed by atoms with Crippen molar-refractivity contribution in [2.75, 3.05) is 14.1 Å². The highest BCUT2D eigenvalue weighted by atomic mass is 16.2. The van der Waals surface area contributed by atoms with E-state index < -0.39 is 0 Å². The van der Waals surface area contributed by atoms with E-state index in [0.29, 0.717) is 0 Å². The van der Waals surface area contributed by atoms with Gasteiger partial charge in [-0.05, 0) is 25.3 Å². The first-order valence-electron chi connectivity index (χ1n) is 7.91. The lowest BCUT2D eigenvalue weighted by Gasteiger charge is -2.33. The zero-order valence-corrected chi connectivity index (χ0v) is 13.2. The zero-order valence-electron chi connectivity index (χ0n) is 13.2. The lowest BCUT2D eigenvalue weighted by molar-refractivity contribution is 0.155. The molecule has 1 fully saturated rings. The number of urea groups is 1. The van der Waals surface area contributed by atoms with Gasteiger partial charge < -0.3 is 0 Å². The molecule has 1 aliphatic carbocycles. The van der Waals surface area contributed by atoms with E-state index in [9.17, 15) is 4.79 Å². The van der Waals surface area contributed by atoms with Crippen molar-refractivity contribution in [3.8, 4) is 0 Å². The minimum atomic E-state index is 0.0813. The van der Waals surface area contributed by atoms with Gasteiger partial charge in [0.1, 0.15) is 11.8 Å². The smallest absolute Gasteiger partial charge is 0.296 e. The highest BCUT2D eigenvalue weighted by Crippen LogP contribution is 2.43. The third-order valence-electron chi connectivity index (χ3n) is 4.72. The molecule has 1 aromatic carbocycles. The van der Waals surface area contributed by atoms with Crippen LogP contribution in [0.3, 0.4) is 0 Å². The van der Waals surface area contributed by atoms with Crippen LogP contribution in [-0.4, -0.2) is 36.8 Å². The van der Waals surface area contributed by atoms with Crippen LogP contribution in [0.2, 0.25) is 0 Å². The second-order valence-electron chi connectivity index (χ2n) is 6.22. The number of hydrogen-bond acceptors (Lipinski definition) is 2. The van der Waals surface area contributed by atoms with Crippen LogP contribution in [0.25, 0.3) is 0 Å². The lowest BCUT2D eigenvalue weighted by Crippen LogP contribution is -2.58. The summed E-state index contributed by atoms with van der Waals surface area (Å²) in [5, 5.41) is 4.97. The molecule has 1 unspecified atom stereocenters. The summed E-state index contributed by atoms with van der Waals surface area (Å²) in [5.74, 6) is 0. The molecule has 2 amide bonds. The van der Waals surface area contributed by atoms with E-state index in [1.54, 1.807) is 4.90 Å². The van der Waals surface area contributed by atoms with Gasteiger partial charge in [-0.3, -0.25) is 4.90 Å². The Morgan fingerprint density at radius 1 is 1.29 bits per heavy atom. The van der Waals surface area contributed by atoms with Gasteiger partial charge in [-0.15, -0.1) is 0 Å². The fourth-order valence-corrected chi connectivity index (χ4v) is 3.74. The van der Waals surface area contributed by atoms with Gasteiger partial charge in [-0.1, -0.05) is 28.7 Å². The molecule has 1 atom stereocenters. The maximum atomic E-state index is 13.1. The number of benzene rings is 1. The van der Waals surface area contributed by atoms with Gasteiger partial charge in [0.15, 0.2) is 5.69 Å². The Kier molecular flexibility index (Phi) is 3.57. The van der Waals surface area contributed by atoms with E-state index in [4.69, 9.17) is 5.10 Å². The molecular formula is C17H24N3O+. The molecule has 0 radical (unpaired) electrons. The predicted octanol–water partition coefficient (Wildman–Crippen LogP) is 3.75. The number of carbonyl (C=O) groups is 1. The minimum absolute atomic E-state index is 0.0813. The number of hydrogen-bond donors (Lipinski definition) is 0. The molecule has 4 nitrogen and oxygen atoms in total. The molecule has 112 valence electrons. The lowest BCUT2D eigenvalue weighted by atomic mass is 10.0. The number of rotatable bonds is 2. The first-order chi connectivity index (χ1) is 10.1. The molecule has 0 saturated heterocycles. The van der Waals surface area contributed by atoms with Gasteiger partial charge in [0, 0.05) is 33.0 Å². The van der Waals surface area contributed by atoms with Crippen molar-refractivity contribution in [1.82, 2.24) is 9.49 Å². The normalized spacial score (nSPS) is 24.8. The van der Waals surface area contributed by atoms with Crippen LogP contribution in [0.1, 0.15) is 44.6 Å². The largest absolute Gasteiger partial charge is 0.450 e. The van der Waals surface area contributed by atoms with Crippen LogP contribution in [-0.2, 0) is 0 Å². The molecule has 1 aliphatic heterocycles. The highest BCUT2D eigenvalue weighted by Gasteiger charge is 2.54.